The second kappa shape index (κ2) is 40.0. The number of nitrogens with zero attached hydrogens (tertiary/aromatic N) is 9. The predicted octanol–water partition coefficient (Wildman–Crippen LogP) is 6.29. The van der Waals surface area contributed by atoms with Gasteiger partial charge in [-0.25, -0.2) is 8.78 Å². The Hall–Kier alpha value is -7.52. The Kier molecular flexibility index (Phi) is 32.7. The van der Waals surface area contributed by atoms with Crippen LogP contribution in [0.3, 0.4) is 0 Å². The van der Waals surface area contributed by atoms with Crippen molar-refractivity contribution in [3.8, 4) is 0 Å². The largest absolute Gasteiger partial charge is 0.397 e. The Bertz CT molecular complexity index is 3290. The summed E-state index contributed by atoms with van der Waals surface area (Å²) in [6.45, 7) is 12.7. The Labute approximate surface area is 646 Å². The van der Waals surface area contributed by atoms with E-state index in [1.54, 1.807) is 20.8 Å². The fourth-order valence-corrected chi connectivity index (χ4v) is 17.4. The summed E-state index contributed by atoms with van der Waals surface area (Å²) >= 11 is 0. The maximum atomic E-state index is 15.7. The van der Waals surface area contributed by atoms with Crippen LogP contribution < -0.4 is 16.0 Å². The van der Waals surface area contributed by atoms with Crippen LogP contribution in [0, 0.1) is 35.5 Å². The zero-order valence-electron chi connectivity index (χ0n) is 66.1. The smallest absolute Gasteiger partial charge is 0.378 e. The number of morpholine rings is 1. The van der Waals surface area contributed by atoms with E-state index in [-0.39, 0.29) is 123 Å². The van der Waals surface area contributed by atoms with Crippen molar-refractivity contribution in [3.05, 3.63) is 25.3 Å². The first-order valence-electron chi connectivity index (χ1n) is 39.4. The average Bonchev–Trinajstić information content (AvgIpc) is 1.71. The summed E-state index contributed by atoms with van der Waals surface area (Å²) in [7, 11) is 7.92. The van der Waals surface area contributed by atoms with E-state index < -0.39 is 230 Å². The highest BCUT2D eigenvalue weighted by Crippen LogP contribution is 2.45. The van der Waals surface area contributed by atoms with E-state index in [0.717, 1.165) is 29.4 Å². The highest BCUT2D eigenvalue weighted by atomic mass is 19.4. The molecule has 12 amide bonds. The highest BCUT2D eigenvalue weighted by molar-refractivity contribution is 6.01. The molecule has 2 bridgehead atoms. The van der Waals surface area contributed by atoms with Crippen molar-refractivity contribution in [1.82, 2.24) is 60.0 Å². The number of amides is 12. The lowest BCUT2D eigenvalue weighted by atomic mass is 9.76. The minimum absolute atomic E-state index is 0.00271. The predicted molar refractivity (Wildman–Crippen MR) is 392 cm³/mol. The standard InChI is InChI=1S/C77H118F8N12O14/c1-13-17-24-55-66(101)87-64(46(5)15-3)72(107)90(8)45-62(100)92(10)56-25-20-21-33-96(71(56)106)59(40-47-26-29-50(30-27-47)76(80,81)82)69(104)89(7)44-60(98)86-54(31-28-48-38-52(78)63(53(79)39-48)77(83,84)85)68(103)97-43-51(111-16-4)41-57(97)67(102)88-75(6,32-14-2)74(109)94(12)65(49-22-18-19-23-49)73(108)93(11)58(42-61(99)91(55)9)70(105)95-34-36-110-37-35-95/h13-14,46-59,63-65H,1-2,15-45H2,3-12H3,(H,86,98)(H,87,101)(H,88,102)/t46-,47?,48?,50?,51+,52?,53?,54-,55-,56-,57-,58-,59-,63?,64-,65-,75+/m0/s1. The number of alkyl halides is 8. The molecule has 7 rings (SSSR count). The highest BCUT2D eigenvalue weighted by Gasteiger charge is 2.55. The number of nitrogens with one attached hydrogen (secondary N) is 3. The lowest BCUT2D eigenvalue weighted by Gasteiger charge is -2.42. The van der Waals surface area contributed by atoms with Gasteiger partial charge in [-0.1, -0.05) is 45.3 Å². The quantitative estimate of drug-likeness (QED) is 0.113. The molecule has 3 N–H and O–H groups in total. The molecular formula is C77H118F8N12O14. The third-order valence-corrected chi connectivity index (χ3v) is 24.2. The van der Waals surface area contributed by atoms with Crippen molar-refractivity contribution in [2.45, 2.75) is 254 Å². The van der Waals surface area contributed by atoms with Gasteiger partial charge in [0.25, 0.3) is 0 Å². The molecule has 26 nitrogen and oxygen atoms in total. The van der Waals surface area contributed by atoms with Crippen LogP contribution in [0.2, 0.25) is 0 Å². The molecule has 7 aliphatic rings. The number of ether oxygens (including phenoxy) is 2. The van der Waals surface area contributed by atoms with Crippen LogP contribution in [0.15, 0.2) is 25.3 Å². The van der Waals surface area contributed by atoms with E-state index in [1.807, 2.05) is 0 Å². The normalized spacial score (nSPS) is 32.3. The number of likely N-dealkylation sites (N-methyl/N-ethyl adjacent to an activating group) is 6. The fourth-order valence-electron chi connectivity index (χ4n) is 17.4. The van der Waals surface area contributed by atoms with E-state index in [2.05, 4.69) is 29.1 Å². The van der Waals surface area contributed by atoms with Gasteiger partial charge in [-0.15, -0.1) is 13.2 Å². The van der Waals surface area contributed by atoms with Crippen molar-refractivity contribution in [3.63, 3.8) is 0 Å². The molecule has 7 fully saturated rings. The molecule has 3 saturated carbocycles. The first-order chi connectivity index (χ1) is 52.2. The second-order valence-electron chi connectivity index (χ2n) is 32.0. The van der Waals surface area contributed by atoms with Crippen molar-refractivity contribution in [1.29, 1.82) is 0 Å². The van der Waals surface area contributed by atoms with E-state index in [4.69, 9.17) is 9.47 Å². The molecule has 626 valence electrons. The summed E-state index contributed by atoms with van der Waals surface area (Å²) < 4.78 is 127. The number of allylic oxidation sites excluding steroid dienone is 1. The van der Waals surface area contributed by atoms with Crippen LogP contribution in [0.25, 0.3) is 0 Å². The minimum Gasteiger partial charge on any atom is -0.378 e. The van der Waals surface area contributed by atoms with Gasteiger partial charge in [0.1, 0.15) is 72.1 Å². The molecule has 2 unspecified atom stereocenters. The average molecular weight is 1590 g/mol. The lowest BCUT2D eigenvalue weighted by molar-refractivity contribution is -0.219. The van der Waals surface area contributed by atoms with E-state index in [0.29, 0.717) is 38.5 Å². The maximum Gasteiger partial charge on any atom is 0.397 e. The number of rotatable bonds is 16. The molecule has 4 saturated heterocycles. The van der Waals surface area contributed by atoms with Gasteiger partial charge in [-0.3, -0.25) is 57.5 Å². The van der Waals surface area contributed by atoms with Crippen LogP contribution in [0.4, 0.5) is 35.1 Å². The van der Waals surface area contributed by atoms with Gasteiger partial charge in [0.2, 0.25) is 70.9 Å². The van der Waals surface area contributed by atoms with E-state index in [9.17, 15) is 45.5 Å². The molecule has 0 aromatic rings. The minimum atomic E-state index is -5.23. The van der Waals surface area contributed by atoms with Gasteiger partial charge in [0.15, 0.2) is 0 Å². The van der Waals surface area contributed by atoms with Crippen molar-refractivity contribution in [2.24, 2.45) is 35.5 Å². The Balaban J connectivity index is 1.34. The first-order valence-corrected chi connectivity index (χ1v) is 39.4. The van der Waals surface area contributed by atoms with Crippen LogP contribution in [-0.4, -0.2) is 301 Å². The Morgan fingerprint density at radius 2 is 1.25 bits per heavy atom. The number of hydrogen-bond acceptors (Lipinski definition) is 14. The van der Waals surface area contributed by atoms with E-state index >= 15 is 47.1 Å². The fraction of sp³-hybridized carbons (Fsp3) is 0.792. The van der Waals surface area contributed by atoms with Crippen LogP contribution in [-0.2, 0) is 67.0 Å². The summed E-state index contributed by atoms with van der Waals surface area (Å²) in [5.41, 5.74) is -1.99. The zero-order chi connectivity index (χ0) is 82.3. The molecule has 0 spiro atoms. The number of hydrogen-bond donors (Lipinski definition) is 3. The zero-order valence-corrected chi connectivity index (χ0v) is 66.1. The first kappa shape index (κ1) is 90.7. The number of halogens is 8. The molecule has 34 heteroatoms. The summed E-state index contributed by atoms with van der Waals surface area (Å²) in [5, 5.41) is 8.28. The van der Waals surface area contributed by atoms with E-state index in [1.165, 1.54) is 76.1 Å². The van der Waals surface area contributed by atoms with Crippen LogP contribution >= 0.6 is 0 Å². The number of fused-ring (bicyclic) bond motifs is 3. The van der Waals surface area contributed by atoms with Gasteiger partial charge in [-0.2, -0.15) is 26.3 Å². The van der Waals surface area contributed by atoms with Crippen LogP contribution in [0.5, 0.6) is 0 Å². The van der Waals surface area contributed by atoms with Gasteiger partial charge in [0.05, 0.1) is 44.7 Å². The number of carbonyl (C=O) groups excluding carboxylic acids is 12. The van der Waals surface area contributed by atoms with Crippen LogP contribution in [0.1, 0.15) is 169 Å². The molecule has 0 radical (unpaired) electrons. The topological polar surface area (TPSA) is 289 Å². The summed E-state index contributed by atoms with van der Waals surface area (Å²) in [6.07, 6.45) is -14.3. The monoisotopic (exact) mass is 1590 g/mol. The summed E-state index contributed by atoms with van der Waals surface area (Å²) in [6, 6.07) is -11.6. The third kappa shape index (κ3) is 22.7. The molecule has 0 aromatic carbocycles. The molecule has 4 aliphatic heterocycles. The van der Waals surface area contributed by atoms with Crippen molar-refractivity contribution < 1.29 is 102 Å². The number of carbonyl (C=O) groups is 12. The Morgan fingerprint density at radius 1 is 0.631 bits per heavy atom. The molecule has 111 heavy (non-hydrogen) atoms. The molecule has 4 heterocycles. The summed E-state index contributed by atoms with van der Waals surface area (Å²) in [4.78, 5) is 193. The van der Waals surface area contributed by atoms with Gasteiger partial charge < -0.3 is 69.5 Å². The van der Waals surface area contributed by atoms with Crippen molar-refractivity contribution >= 4 is 70.9 Å². The summed E-state index contributed by atoms with van der Waals surface area (Å²) in [5.74, 6) is -17.2. The second-order valence-corrected chi connectivity index (χ2v) is 32.0. The lowest BCUT2D eigenvalue weighted by Crippen LogP contribution is -2.65. The van der Waals surface area contributed by atoms with Gasteiger partial charge in [-0.05, 0) is 147 Å². The van der Waals surface area contributed by atoms with Gasteiger partial charge >= 0.3 is 12.4 Å². The van der Waals surface area contributed by atoms with Crippen molar-refractivity contribution in [2.75, 3.05) is 101 Å². The SMILES string of the molecule is C=CCC[C@H]1C(=O)N[C@@H]([C@@H](C)CC)C(=O)N(C)CC(=O)N(C)[C@H]2CCCCN(C2=O)[C@@H](CC2CCC(C(F)(F)F)CC2)C(=O)N(C)CC(=O)N[C@@H](CCC2CC(F)C(C(F)(F)F)C(F)C2)C(=O)N2C[C@H](OCC)C[C@H]2C(=O)N[C@](C)(CC=C)C(=O)N(C)[C@@H](C2CCCC2)C(=O)N(C)[C@H](C(=O)N2CCOCC2)CC(=O)N1C. The molecule has 3 aliphatic carbocycles. The molecule has 0 aromatic heterocycles. The molecular weight excluding hydrogens is 1470 g/mol. The molecule has 13 atom stereocenters. The van der Waals surface area contributed by atoms with Gasteiger partial charge in [0, 0.05) is 81.5 Å². The maximum absolute atomic E-state index is 15.7. The third-order valence-electron chi connectivity index (χ3n) is 24.2. The Morgan fingerprint density at radius 3 is 1.84 bits per heavy atom.